The average Bonchev–Trinajstić information content (AvgIpc) is 2.53. The first-order valence-corrected chi connectivity index (χ1v) is 6.93. The average molecular weight is 296 g/mol. The van der Waals surface area contributed by atoms with E-state index in [9.17, 15) is 4.79 Å². The normalized spacial score (nSPS) is 22.8. The highest BCUT2D eigenvalue weighted by atomic mass is 79.9. The lowest BCUT2D eigenvalue weighted by molar-refractivity contribution is -0.122. The van der Waals surface area contributed by atoms with Gasteiger partial charge in [-0.25, -0.2) is 0 Å². The van der Waals surface area contributed by atoms with Crippen molar-refractivity contribution in [3.63, 3.8) is 0 Å². The fraction of sp³-hybridized carbons (Fsp3) is 0.500. The van der Waals surface area contributed by atoms with Gasteiger partial charge in [-0.3, -0.25) is 4.79 Å². The minimum absolute atomic E-state index is 0.155. The van der Waals surface area contributed by atoms with Gasteiger partial charge in [-0.2, -0.15) is 0 Å². The van der Waals surface area contributed by atoms with E-state index < -0.39 is 0 Å². The van der Waals surface area contributed by atoms with Gasteiger partial charge in [-0.05, 0) is 36.1 Å². The molecular weight excluding hydrogens is 278 g/mol. The fourth-order valence-corrected chi connectivity index (χ4v) is 3.22. The largest absolute Gasteiger partial charge is 0.325 e. The van der Waals surface area contributed by atoms with Gasteiger partial charge in [0.1, 0.15) is 0 Å². The van der Waals surface area contributed by atoms with Gasteiger partial charge in [0, 0.05) is 10.2 Å². The summed E-state index contributed by atoms with van der Waals surface area (Å²) in [5.41, 5.74) is 1.77. The predicted octanol–water partition coefficient (Wildman–Crippen LogP) is 4.10. The minimum Gasteiger partial charge on any atom is -0.325 e. The van der Waals surface area contributed by atoms with Gasteiger partial charge < -0.3 is 5.32 Å². The number of rotatable bonds is 3. The molecule has 1 unspecified atom stereocenters. The number of amides is 1. The van der Waals surface area contributed by atoms with E-state index in [4.69, 9.17) is 0 Å². The summed E-state index contributed by atoms with van der Waals surface area (Å²) in [6.07, 6.45) is 1.91. The number of halogens is 1. The summed E-state index contributed by atoms with van der Waals surface area (Å²) in [6, 6.07) is 6.04. The van der Waals surface area contributed by atoms with Gasteiger partial charge in [0.15, 0.2) is 0 Å². The number of carbonyl (C=O) groups is 1. The van der Waals surface area contributed by atoms with Crippen molar-refractivity contribution in [2.24, 2.45) is 5.92 Å². The Morgan fingerprint density at radius 2 is 2.12 bits per heavy atom. The first-order chi connectivity index (χ1) is 8.02. The van der Waals surface area contributed by atoms with Gasteiger partial charge in [0.2, 0.25) is 5.91 Å². The molecule has 0 bridgehead atoms. The Kier molecular flexibility index (Phi) is 3.30. The lowest BCUT2D eigenvalue weighted by Crippen LogP contribution is -2.39. The van der Waals surface area contributed by atoms with Crippen LogP contribution in [0.25, 0.3) is 0 Å². The van der Waals surface area contributed by atoms with Crippen molar-refractivity contribution in [3.8, 4) is 0 Å². The molecule has 2 rings (SSSR count). The van der Waals surface area contributed by atoms with Crippen molar-refractivity contribution < 1.29 is 4.79 Å². The fourth-order valence-electron chi connectivity index (χ4n) is 2.86. The van der Waals surface area contributed by atoms with Crippen LogP contribution < -0.4 is 5.32 Å². The lowest BCUT2D eigenvalue weighted by atomic mass is 9.69. The van der Waals surface area contributed by atoms with Crippen LogP contribution in [0.15, 0.2) is 22.7 Å². The number of fused-ring (bicyclic) bond motifs is 1. The first kappa shape index (κ1) is 12.6. The molecule has 3 heteroatoms. The molecule has 1 N–H and O–H groups in total. The van der Waals surface area contributed by atoms with Crippen LogP contribution in [0.5, 0.6) is 0 Å². The Hall–Kier alpha value is -0.830. The Labute approximate surface area is 111 Å². The van der Waals surface area contributed by atoms with E-state index in [0.717, 1.165) is 28.6 Å². The third-order valence-electron chi connectivity index (χ3n) is 3.75. The van der Waals surface area contributed by atoms with Crippen molar-refractivity contribution in [3.05, 3.63) is 28.2 Å². The van der Waals surface area contributed by atoms with Gasteiger partial charge in [0.05, 0.1) is 5.41 Å². The van der Waals surface area contributed by atoms with E-state index in [-0.39, 0.29) is 11.3 Å². The summed E-state index contributed by atoms with van der Waals surface area (Å²) in [5, 5.41) is 3.02. The summed E-state index contributed by atoms with van der Waals surface area (Å²) < 4.78 is 1.04. The van der Waals surface area contributed by atoms with Gasteiger partial charge in [-0.1, -0.05) is 43.1 Å². The van der Waals surface area contributed by atoms with Crippen molar-refractivity contribution in [2.45, 2.75) is 39.0 Å². The van der Waals surface area contributed by atoms with Crippen LogP contribution in [-0.2, 0) is 10.2 Å². The molecule has 1 aromatic rings. The highest BCUT2D eigenvalue weighted by Gasteiger charge is 2.48. The van der Waals surface area contributed by atoms with Crippen molar-refractivity contribution >= 4 is 27.5 Å². The van der Waals surface area contributed by atoms with E-state index in [2.05, 4.69) is 48.1 Å². The second kappa shape index (κ2) is 4.45. The van der Waals surface area contributed by atoms with E-state index in [1.54, 1.807) is 0 Å². The van der Waals surface area contributed by atoms with Crippen LogP contribution in [-0.4, -0.2) is 5.91 Å². The van der Waals surface area contributed by atoms with Crippen LogP contribution in [0.1, 0.15) is 39.2 Å². The van der Waals surface area contributed by atoms with E-state index in [0.29, 0.717) is 5.92 Å². The van der Waals surface area contributed by atoms with Crippen molar-refractivity contribution in [1.82, 2.24) is 0 Å². The molecule has 0 radical (unpaired) electrons. The molecule has 0 saturated heterocycles. The Morgan fingerprint density at radius 1 is 1.41 bits per heavy atom. The Balaban J connectivity index is 2.61. The zero-order valence-corrected chi connectivity index (χ0v) is 12.1. The molecule has 92 valence electrons. The lowest BCUT2D eigenvalue weighted by Gasteiger charge is -2.31. The molecule has 0 aromatic heterocycles. The minimum atomic E-state index is -0.353. The maximum atomic E-state index is 12.4. The SMILES string of the molecule is CCCC1(C(C)C)C(=O)Nc2ccc(Br)cc21. The van der Waals surface area contributed by atoms with Crippen LogP contribution in [0.3, 0.4) is 0 Å². The summed E-state index contributed by atoms with van der Waals surface area (Å²) in [7, 11) is 0. The van der Waals surface area contributed by atoms with E-state index >= 15 is 0 Å². The second-order valence-electron chi connectivity index (χ2n) is 5.02. The molecule has 17 heavy (non-hydrogen) atoms. The first-order valence-electron chi connectivity index (χ1n) is 6.14. The number of hydrogen-bond acceptors (Lipinski definition) is 1. The molecule has 1 aromatic carbocycles. The number of carbonyl (C=O) groups excluding carboxylic acids is 1. The molecule has 0 spiro atoms. The van der Waals surface area contributed by atoms with Gasteiger partial charge >= 0.3 is 0 Å². The molecule has 1 aliphatic heterocycles. The predicted molar refractivity (Wildman–Crippen MR) is 74.2 cm³/mol. The molecule has 0 fully saturated rings. The third-order valence-corrected chi connectivity index (χ3v) is 4.24. The van der Waals surface area contributed by atoms with Crippen molar-refractivity contribution in [1.29, 1.82) is 0 Å². The molecule has 0 aliphatic carbocycles. The number of benzene rings is 1. The monoisotopic (exact) mass is 295 g/mol. The number of nitrogens with one attached hydrogen (secondary N) is 1. The van der Waals surface area contributed by atoms with E-state index in [1.807, 2.05) is 12.1 Å². The molecule has 1 amide bonds. The third kappa shape index (κ3) is 1.81. The molecular formula is C14H18BrNO. The smallest absolute Gasteiger partial charge is 0.235 e. The quantitative estimate of drug-likeness (QED) is 0.894. The van der Waals surface area contributed by atoms with Crippen LogP contribution in [0.2, 0.25) is 0 Å². The summed E-state index contributed by atoms with van der Waals surface area (Å²) in [5.74, 6) is 0.459. The summed E-state index contributed by atoms with van der Waals surface area (Å²) in [4.78, 5) is 12.4. The summed E-state index contributed by atoms with van der Waals surface area (Å²) >= 11 is 3.50. The standard InChI is InChI=1S/C14H18BrNO/c1-4-7-14(9(2)3)11-8-10(15)5-6-12(11)16-13(14)17/h5-6,8-9H,4,7H2,1-3H3,(H,16,17). The highest BCUT2D eigenvalue weighted by molar-refractivity contribution is 9.10. The topological polar surface area (TPSA) is 29.1 Å². The molecule has 1 heterocycles. The maximum absolute atomic E-state index is 12.4. The Morgan fingerprint density at radius 3 is 2.71 bits per heavy atom. The van der Waals surface area contributed by atoms with Crippen molar-refractivity contribution in [2.75, 3.05) is 5.32 Å². The maximum Gasteiger partial charge on any atom is 0.235 e. The summed E-state index contributed by atoms with van der Waals surface area (Å²) in [6.45, 7) is 6.39. The number of anilines is 1. The van der Waals surface area contributed by atoms with Crippen LogP contribution in [0, 0.1) is 5.92 Å². The second-order valence-corrected chi connectivity index (χ2v) is 5.94. The van der Waals surface area contributed by atoms with E-state index in [1.165, 1.54) is 0 Å². The highest BCUT2D eigenvalue weighted by Crippen LogP contribution is 2.46. The van der Waals surface area contributed by atoms with Gasteiger partial charge in [-0.15, -0.1) is 0 Å². The number of hydrogen-bond donors (Lipinski definition) is 1. The molecule has 2 nitrogen and oxygen atoms in total. The molecule has 1 aliphatic rings. The zero-order chi connectivity index (χ0) is 12.6. The molecule has 1 atom stereocenters. The van der Waals surface area contributed by atoms with Gasteiger partial charge in [0.25, 0.3) is 0 Å². The molecule has 0 saturated carbocycles. The van der Waals surface area contributed by atoms with Crippen LogP contribution in [0.4, 0.5) is 5.69 Å². The van der Waals surface area contributed by atoms with Crippen LogP contribution >= 0.6 is 15.9 Å². The zero-order valence-electron chi connectivity index (χ0n) is 10.5. The Bertz CT molecular complexity index is 456.